The number of hydrogen-bond acceptors (Lipinski definition) is 4. The van der Waals surface area contributed by atoms with Crippen LogP contribution in [0.15, 0.2) is 46.7 Å². The van der Waals surface area contributed by atoms with E-state index in [1.54, 1.807) is 41.4 Å². The molecule has 0 saturated carbocycles. The van der Waals surface area contributed by atoms with Crippen molar-refractivity contribution in [2.45, 2.75) is 13.8 Å². The molecule has 0 saturated heterocycles. The summed E-state index contributed by atoms with van der Waals surface area (Å²) in [4.78, 5) is 25.6. The van der Waals surface area contributed by atoms with Crippen LogP contribution in [0.4, 0.5) is 5.69 Å². The lowest BCUT2D eigenvalue weighted by molar-refractivity contribution is 0.0979. The van der Waals surface area contributed by atoms with Crippen molar-refractivity contribution in [1.29, 1.82) is 0 Å². The molecule has 0 bridgehead atoms. The van der Waals surface area contributed by atoms with Crippen LogP contribution < -0.4 is 0 Å². The molecule has 0 amide bonds. The second-order valence-electron chi connectivity index (χ2n) is 5.35. The summed E-state index contributed by atoms with van der Waals surface area (Å²) in [6.07, 6.45) is 0. The molecule has 0 heterocycles. The minimum Gasteiger partial charge on any atom is -0.289 e. The maximum absolute atomic E-state index is 12.9. The van der Waals surface area contributed by atoms with Crippen molar-refractivity contribution in [2.75, 3.05) is 13.1 Å². The zero-order valence-electron chi connectivity index (χ0n) is 13.4. The molecule has 0 atom stereocenters. The van der Waals surface area contributed by atoms with Gasteiger partial charge in [0.25, 0.3) is 0 Å². The first kappa shape index (κ1) is 16.3. The first-order chi connectivity index (χ1) is 11.6. The van der Waals surface area contributed by atoms with Crippen LogP contribution in [0.5, 0.6) is 0 Å². The van der Waals surface area contributed by atoms with Gasteiger partial charge in [-0.15, -0.1) is 5.11 Å². The monoisotopic (exact) mass is 341 g/mol. The van der Waals surface area contributed by atoms with E-state index in [0.717, 1.165) is 0 Å². The topological polar surface area (TPSA) is 62.1 Å². The van der Waals surface area contributed by atoms with Crippen LogP contribution in [0.3, 0.4) is 0 Å². The van der Waals surface area contributed by atoms with Crippen LogP contribution in [0.2, 0.25) is 5.02 Å². The number of carbonyl (C=O) groups is 2. The molecule has 3 rings (SSSR count). The second-order valence-corrected chi connectivity index (χ2v) is 5.76. The van der Waals surface area contributed by atoms with Crippen LogP contribution in [-0.4, -0.2) is 29.7 Å². The van der Waals surface area contributed by atoms with Crippen molar-refractivity contribution in [2.24, 2.45) is 10.3 Å². The molecule has 0 N–H and O–H groups in total. The van der Waals surface area contributed by atoms with Gasteiger partial charge >= 0.3 is 0 Å². The predicted octanol–water partition coefficient (Wildman–Crippen LogP) is 4.46. The third-order valence-corrected chi connectivity index (χ3v) is 4.33. The van der Waals surface area contributed by atoms with Gasteiger partial charge in [-0.1, -0.05) is 41.1 Å². The van der Waals surface area contributed by atoms with Crippen LogP contribution >= 0.6 is 11.6 Å². The SMILES string of the molecule is CCN(CC)N=Nc1ccc(Cl)c2c1C(=O)c1ccccc1C2=O. The van der Waals surface area contributed by atoms with Gasteiger partial charge in [-0.25, -0.2) is 0 Å². The van der Waals surface area contributed by atoms with E-state index in [1.807, 2.05) is 13.8 Å². The molecule has 2 aromatic carbocycles. The standard InChI is InChI=1S/C18H16ClN3O2/c1-3-22(4-2)21-20-14-10-9-13(19)15-16(14)18(24)12-8-6-5-7-11(12)17(15)23/h5-10H,3-4H2,1-2H3. The zero-order valence-corrected chi connectivity index (χ0v) is 14.2. The van der Waals surface area contributed by atoms with Crippen LogP contribution in [0.1, 0.15) is 45.7 Å². The third kappa shape index (κ3) is 2.61. The van der Waals surface area contributed by atoms with Crippen molar-refractivity contribution in [1.82, 2.24) is 5.01 Å². The van der Waals surface area contributed by atoms with Crippen LogP contribution in [0, 0.1) is 0 Å². The first-order valence-electron chi connectivity index (χ1n) is 7.76. The summed E-state index contributed by atoms with van der Waals surface area (Å²) in [5, 5.41) is 10.3. The van der Waals surface area contributed by atoms with E-state index >= 15 is 0 Å². The first-order valence-corrected chi connectivity index (χ1v) is 8.13. The Hall–Kier alpha value is -2.53. The molecule has 0 spiro atoms. The Balaban J connectivity index is 2.17. The van der Waals surface area contributed by atoms with E-state index in [2.05, 4.69) is 10.3 Å². The van der Waals surface area contributed by atoms with E-state index < -0.39 is 0 Å². The fraction of sp³-hybridized carbons (Fsp3) is 0.222. The fourth-order valence-corrected chi connectivity index (χ4v) is 2.95. The number of carbonyl (C=O) groups excluding carboxylic acids is 2. The van der Waals surface area contributed by atoms with E-state index in [4.69, 9.17) is 11.6 Å². The highest BCUT2D eigenvalue weighted by molar-refractivity contribution is 6.39. The van der Waals surface area contributed by atoms with Gasteiger partial charge in [0.15, 0.2) is 11.6 Å². The maximum Gasteiger partial charge on any atom is 0.196 e. The van der Waals surface area contributed by atoms with Gasteiger partial charge in [0, 0.05) is 24.2 Å². The Morgan fingerprint density at radius 1 is 0.917 bits per heavy atom. The fourth-order valence-electron chi connectivity index (χ4n) is 2.71. The Kier molecular flexibility index (Phi) is 4.44. The number of fused-ring (bicyclic) bond motifs is 2. The molecule has 0 fully saturated rings. The average Bonchev–Trinajstić information content (AvgIpc) is 2.61. The number of benzene rings is 2. The van der Waals surface area contributed by atoms with Crippen molar-refractivity contribution in [3.8, 4) is 0 Å². The molecule has 5 nitrogen and oxygen atoms in total. The van der Waals surface area contributed by atoms with Crippen molar-refractivity contribution in [3.05, 3.63) is 63.7 Å². The van der Waals surface area contributed by atoms with E-state index in [9.17, 15) is 9.59 Å². The van der Waals surface area contributed by atoms with Gasteiger partial charge in [0.1, 0.15) is 0 Å². The van der Waals surface area contributed by atoms with Gasteiger partial charge in [-0.3, -0.25) is 14.6 Å². The molecule has 2 aromatic rings. The summed E-state index contributed by atoms with van der Waals surface area (Å²) in [6.45, 7) is 5.33. The lowest BCUT2D eigenvalue weighted by atomic mass is 9.83. The smallest absolute Gasteiger partial charge is 0.196 e. The normalized spacial score (nSPS) is 13.1. The van der Waals surface area contributed by atoms with Gasteiger partial charge in [-0.2, -0.15) is 0 Å². The van der Waals surface area contributed by atoms with Gasteiger partial charge in [-0.05, 0) is 26.0 Å². The van der Waals surface area contributed by atoms with Gasteiger partial charge in [0.2, 0.25) is 0 Å². The Labute approximate surface area is 144 Å². The molecule has 0 radical (unpaired) electrons. The number of rotatable bonds is 4. The summed E-state index contributed by atoms with van der Waals surface area (Å²) in [5.41, 5.74) is 1.53. The summed E-state index contributed by atoms with van der Waals surface area (Å²) < 4.78 is 0. The van der Waals surface area contributed by atoms with Crippen molar-refractivity contribution < 1.29 is 9.59 Å². The Bertz CT molecular complexity index is 857. The largest absolute Gasteiger partial charge is 0.289 e. The van der Waals surface area contributed by atoms with E-state index in [1.165, 1.54) is 0 Å². The third-order valence-electron chi connectivity index (χ3n) is 4.01. The number of nitrogens with zero attached hydrogens (tertiary/aromatic N) is 3. The van der Waals surface area contributed by atoms with Crippen molar-refractivity contribution >= 4 is 28.9 Å². The Morgan fingerprint density at radius 2 is 1.50 bits per heavy atom. The predicted molar refractivity (Wildman–Crippen MR) is 92.2 cm³/mol. The summed E-state index contributed by atoms with van der Waals surface area (Å²) in [6, 6.07) is 9.94. The highest BCUT2D eigenvalue weighted by Crippen LogP contribution is 2.37. The molecule has 0 aromatic heterocycles. The number of halogens is 1. The minimum atomic E-state index is -0.259. The maximum atomic E-state index is 12.9. The van der Waals surface area contributed by atoms with Crippen LogP contribution in [0.25, 0.3) is 0 Å². The Morgan fingerprint density at radius 3 is 2.08 bits per heavy atom. The zero-order chi connectivity index (χ0) is 17.3. The molecule has 1 aliphatic rings. The lowest BCUT2D eigenvalue weighted by Crippen LogP contribution is -2.21. The molecule has 0 aliphatic heterocycles. The highest BCUT2D eigenvalue weighted by Gasteiger charge is 2.33. The minimum absolute atomic E-state index is 0.205. The summed E-state index contributed by atoms with van der Waals surface area (Å²) >= 11 is 6.20. The summed E-state index contributed by atoms with van der Waals surface area (Å²) in [7, 11) is 0. The van der Waals surface area contributed by atoms with Gasteiger partial charge in [0.05, 0.1) is 21.8 Å². The molecule has 1 aliphatic carbocycles. The molecule has 122 valence electrons. The number of ketones is 2. The van der Waals surface area contributed by atoms with E-state index in [-0.39, 0.29) is 27.7 Å². The molecule has 24 heavy (non-hydrogen) atoms. The summed E-state index contributed by atoms with van der Waals surface area (Å²) in [5.74, 6) is -0.513. The molecule has 6 heteroatoms. The highest BCUT2D eigenvalue weighted by atomic mass is 35.5. The van der Waals surface area contributed by atoms with Gasteiger partial charge < -0.3 is 0 Å². The molecule has 0 unspecified atom stereocenters. The van der Waals surface area contributed by atoms with Crippen LogP contribution in [-0.2, 0) is 0 Å². The quantitative estimate of drug-likeness (QED) is 0.520. The lowest BCUT2D eigenvalue weighted by Gasteiger charge is -2.19. The van der Waals surface area contributed by atoms with Crippen molar-refractivity contribution in [3.63, 3.8) is 0 Å². The van der Waals surface area contributed by atoms with E-state index in [0.29, 0.717) is 29.9 Å². The average molecular weight is 342 g/mol. The molecular formula is C18H16ClN3O2. The second kappa shape index (κ2) is 6.53. The number of hydrogen-bond donors (Lipinski definition) is 0. The molecular weight excluding hydrogens is 326 g/mol.